The number of amides is 1. The van der Waals surface area contributed by atoms with Gasteiger partial charge in [-0.2, -0.15) is 0 Å². The molecule has 2 aliphatic rings. The third-order valence-corrected chi connectivity index (χ3v) is 6.24. The zero-order chi connectivity index (χ0) is 30.9. The summed E-state index contributed by atoms with van der Waals surface area (Å²) in [6.45, 7) is 8.32. The molecule has 0 atom stereocenters. The lowest BCUT2D eigenvalue weighted by Crippen LogP contribution is -2.50. The van der Waals surface area contributed by atoms with Crippen molar-refractivity contribution in [3.8, 4) is 0 Å². The molecular formula is C28H31F3N6O3S2. The van der Waals surface area contributed by atoms with Crippen LogP contribution < -0.4 is 4.90 Å². The molecule has 1 aliphatic carbocycles. The van der Waals surface area contributed by atoms with Gasteiger partial charge in [0.25, 0.3) is 0 Å². The minimum Gasteiger partial charge on any atom is -0.444 e. The standard InChI is InChI=1S/C15H20N4O3.C7H8N2S.C6H3F3S/c1-15(2,3)21-14(20)19-9-7-18(8-10-19)12-6-4-5-11-13(12)17-22-16-11;1-10-9-7-5-3-2-4-6(7)8;7-4-1-3(10)2-5(8)6(4)9/h4-6H,7-10H2,1-3H3;2-5,8H,1H3;1-2,10H/b;8-6?,9-7-;. The monoisotopic (exact) mass is 620 g/mol. The van der Waals surface area contributed by atoms with Crippen molar-refractivity contribution in [2.45, 2.75) is 31.3 Å². The summed E-state index contributed by atoms with van der Waals surface area (Å²) in [5.41, 5.74) is 3.25. The SMILES string of the molecule is CC(C)(C)OC(=O)N1CCN(c2cccc3nonc23)CC1.CS/N=C1/C=CC=CC1=N.Fc1cc(S)cc(F)c1F. The predicted octanol–water partition coefficient (Wildman–Crippen LogP) is 6.52. The molecule has 0 bridgehead atoms. The van der Waals surface area contributed by atoms with E-state index in [1.54, 1.807) is 11.0 Å². The zero-order valence-corrected chi connectivity index (χ0v) is 25.2. The van der Waals surface area contributed by atoms with E-state index in [1.165, 1.54) is 11.9 Å². The van der Waals surface area contributed by atoms with Crippen LogP contribution in [0.5, 0.6) is 0 Å². The van der Waals surface area contributed by atoms with E-state index < -0.39 is 23.1 Å². The molecule has 1 saturated heterocycles. The van der Waals surface area contributed by atoms with Crippen molar-refractivity contribution in [1.29, 1.82) is 5.41 Å². The Kier molecular flexibility index (Phi) is 11.6. The molecule has 1 aromatic heterocycles. The number of fused-ring (bicyclic) bond motifs is 1. The average molecular weight is 621 g/mol. The first kappa shape index (κ1) is 32.7. The summed E-state index contributed by atoms with van der Waals surface area (Å²) in [5.74, 6) is -3.90. The molecule has 2 heterocycles. The van der Waals surface area contributed by atoms with E-state index in [9.17, 15) is 18.0 Å². The van der Waals surface area contributed by atoms with E-state index in [4.69, 9.17) is 14.8 Å². The van der Waals surface area contributed by atoms with Crippen LogP contribution in [0, 0.1) is 22.9 Å². The van der Waals surface area contributed by atoms with Crippen LogP contribution in [-0.2, 0) is 4.74 Å². The van der Waals surface area contributed by atoms with Gasteiger partial charge in [-0.05, 0) is 79.4 Å². The molecule has 14 heteroatoms. The number of aromatic nitrogens is 2. The van der Waals surface area contributed by atoms with Crippen LogP contribution in [0.3, 0.4) is 0 Å². The van der Waals surface area contributed by atoms with Gasteiger partial charge in [0.2, 0.25) is 0 Å². The molecule has 2 aromatic carbocycles. The number of hydrogen-bond donors (Lipinski definition) is 2. The molecule has 0 saturated carbocycles. The fourth-order valence-corrected chi connectivity index (χ4v) is 4.28. The lowest BCUT2D eigenvalue weighted by atomic mass is 10.1. The normalized spacial score (nSPS) is 15.7. The van der Waals surface area contributed by atoms with Crippen LogP contribution in [0.25, 0.3) is 11.0 Å². The van der Waals surface area contributed by atoms with Crippen molar-refractivity contribution in [3.63, 3.8) is 0 Å². The Labute approximate surface area is 251 Å². The molecule has 1 amide bonds. The number of carbonyl (C=O) groups is 1. The van der Waals surface area contributed by atoms with Crippen LogP contribution >= 0.6 is 24.6 Å². The van der Waals surface area contributed by atoms with Crippen molar-refractivity contribution < 1.29 is 27.3 Å². The van der Waals surface area contributed by atoms with Gasteiger partial charge in [0.15, 0.2) is 23.0 Å². The molecule has 1 N–H and O–H groups in total. The Balaban J connectivity index is 0.000000201. The maximum absolute atomic E-state index is 12.2. The first-order valence-electron chi connectivity index (χ1n) is 12.7. The maximum atomic E-state index is 12.2. The van der Waals surface area contributed by atoms with Crippen LogP contribution in [-0.4, -0.2) is 70.8 Å². The van der Waals surface area contributed by atoms with Gasteiger partial charge < -0.3 is 14.5 Å². The van der Waals surface area contributed by atoms with Crippen molar-refractivity contribution in [1.82, 2.24) is 15.2 Å². The number of nitrogens with one attached hydrogen (secondary N) is 1. The molecule has 0 radical (unpaired) electrons. The van der Waals surface area contributed by atoms with Crippen LogP contribution in [0.15, 0.2) is 68.6 Å². The number of carbonyl (C=O) groups excluding carboxylic acids is 1. The molecule has 0 unspecified atom stereocenters. The number of ether oxygens (including phenoxy) is 1. The van der Waals surface area contributed by atoms with Crippen molar-refractivity contribution in [2.24, 2.45) is 4.40 Å². The number of anilines is 1. The topological polar surface area (TPSA) is 108 Å². The third-order valence-electron chi connectivity index (χ3n) is 5.60. The van der Waals surface area contributed by atoms with Gasteiger partial charge in [0.1, 0.15) is 11.1 Å². The Morgan fingerprint density at radius 2 is 1.71 bits per heavy atom. The van der Waals surface area contributed by atoms with Gasteiger partial charge in [-0.25, -0.2) is 27.0 Å². The molecule has 5 rings (SSSR count). The van der Waals surface area contributed by atoms with E-state index in [0.717, 1.165) is 47.7 Å². The highest BCUT2D eigenvalue weighted by Crippen LogP contribution is 2.25. The second kappa shape index (κ2) is 14.9. The van der Waals surface area contributed by atoms with Crippen molar-refractivity contribution >= 4 is 58.8 Å². The summed E-state index contributed by atoms with van der Waals surface area (Å²) in [5, 5.41) is 15.2. The first-order chi connectivity index (χ1) is 19.9. The fraction of sp³-hybridized carbons (Fsp3) is 0.321. The molecule has 42 heavy (non-hydrogen) atoms. The van der Waals surface area contributed by atoms with Crippen LogP contribution in [0.1, 0.15) is 20.8 Å². The van der Waals surface area contributed by atoms with Crippen LogP contribution in [0.2, 0.25) is 0 Å². The quantitative estimate of drug-likeness (QED) is 0.145. The van der Waals surface area contributed by atoms with E-state index in [1.807, 2.05) is 63.5 Å². The van der Waals surface area contributed by atoms with E-state index in [0.29, 0.717) is 18.8 Å². The Morgan fingerprint density at radius 1 is 1.07 bits per heavy atom. The molecule has 3 aromatic rings. The molecule has 1 aliphatic heterocycles. The number of hydrogen-bond acceptors (Lipinski definition) is 10. The average Bonchev–Trinajstić information content (AvgIpc) is 3.42. The van der Waals surface area contributed by atoms with Crippen LogP contribution in [0.4, 0.5) is 23.7 Å². The highest BCUT2D eigenvalue weighted by atomic mass is 32.2. The number of benzene rings is 2. The van der Waals surface area contributed by atoms with Gasteiger partial charge in [0.05, 0.1) is 17.1 Å². The summed E-state index contributed by atoms with van der Waals surface area (Å²) >= 11 is 5.00. The number of allylic oxidation sites excluding steroid dienone is 4. The summed E-state index contributed by atoms with van der Waals surface area (Å²) in [6.07, 6.45) is 8.91. The highest BCUT2D eigenvalue weighted by Gasteiger charge is 2.27. The molecular weight excluding hydrogens is 589 g/mol. The van der Waals surface area contributed by atoms with Gasteiger partial charge >= 0.3 is 6.09 Å². The fourth-order valence-electron chi connectivity index (χ4n) is 3.70. The third kappa shape index (κ3) is 9.38. The molecule has 224 valence electrons. The predicted molar refractivity (Wildman–Crippen MR) is 162 cm³/mol. The summed E-state index contributed by atoms with van der Waals surface area (Å²) in [6, 6.07) is 7.41. The minimum atomic E-state index is -1.46. The smallest absolute Gasteiger partial charge is 0.410 e. The van der Waals surface area contributed by atoms with E-state index in [2.05, 4.69) is 32.2 Å². The maximum Gasteiger partial charge on any atom is 0.410 e. The highest BCUT2D eigenvalue weighted by molar-refractivity contribution is 7.97. The summed E-state index contributed by atoms with van der Waals surface area (Å²) in [4.78, 5) is 16.1. The van der Waals surface area contributed by atoms with Gasteiger partial charge in [0, 0.05) is 37.3 Å². The lowest BCUT2D eigenvalue weighted by molar-refractivity contribution is 0.0240. The molecule has 0 spiro atoms. The van der Waals surface area contributed by atoms with E-state index in [-0.39, 0.29) is 11.0 Å². The first-order valence-corrected chi connectivity index (χ1v) is 14.3. The molecule has 9 nitrogen and oxygen atoms in total. The second-order valence-corrected chi connectivity index (χ2v) is 10.9. The number of rotatable bonds is 2. The largest absolute Gasteiger partial charge is 0.444 e. The Bertz CT molecular complexity index is 1470. The number of piperazine rings is 1. The Morgan fingerprint density at radius 3 is 2.31 bits per heavy atom. The van der Waals surface area contributed by atoms with Gasteiger partial charge in [-0.15, -0.1) is 12.6 Å². The Hall–Kier alpha value is -3.78. The second-order valence-electron chi connectivity index (χ2n) is 9.88. The minimum absolute atomic E-state index is 0.0661. The summed E-state index contributed by atoms with van der Waals surface area (Å²) < 4.78 is 50.7. The number of nitrogens with zero attached hydrogens (tertiary/aromatic N) is 5. The molecule has 1 fully saturated rings. The zero-order valence-electron chi connectivity index (χ0n) is 23.5. The van der Waals surface area contributed by atoms with Gasteiger partial charge in [-0.3, -0.25) is 5.41 Å². The lowest BCUT2D eigenvalue weighted by Gasteiger charge is -2.36. The van der Waals surface area contributed by atoms with Crippen molar-refractivity contribution in [2.75, 3.05) is 37.3 Å². The van der Waals surface area contributed by atoms with Gasteiger partial charge in [-0.1, -0.05) is 18.2 Å². The number of thiol groups is 1. The number of halogens is 3. The van der Waals surface area contributed by atoms with E-state index >= 15 is 0 Å². The van der Waals surface area contributed by atoms with Crippen molar-refractivity contribution in [3.05, 3.63) is 72.1 Å². The summed E-state index contributed by atoms with van der Waals surface area (Å²) in [7, 11) is 0.